The predicted octanol–water partition coefficient (Wildman–Crippen LogP) is 1.91. The molecule has 1 heteroatoms. The van der Waals surface area contributed by atoms with Gasteiger partial charge >= 0.3 is 0 Å². The van der Waals surface area contributed by atoms with Gasteiger partial charge in [-0.15, -0.1) is 0 Å². The Bertz CT molecular complexity index is 145. The van der Waals surface area contributed by atoms with Gasteiger partial charge in [0.25, 0.3) is 0 Å². The van der Waals surface area contributed by atoms with Gasteiger partial charge in [-0.25, -0.2) is 0 Å². The van der Waals surface area contributed by atoms with E-state index < -0.39 is 0 Å². The van der Waals surface area contributed by atoms with Crippen LogP contribution in [0.15, 0.2) is 23.8 Å². The molecule has 0 saturated carbocycles. The third-order valence-electron chi connectivity index (χ3n) is 1.68. The monoisotopic (exact) mass is 124 g/mol. The van der Waals surface area contributed by atoms with Gasteiger partial charge in [-0.05, 0) is 18.9 Å². The summed E-state index contributed by atoms with van der Waals surface area (Å²) in [7, 11) is 1.74. The first-order valence-corrected chi connectivity index (χ1v) is 3.23. The zero-order valence-electron chi connectivity index (χ0n) is 5.92. The lowest BCUT2D eigenvalue weighted by molar-refractivity contribution is 0.145. The summed E-state index contributed by atoms with van der Waals surface area (Å²) in [5, 5.41) is 0. The van der Waals surface area contributed by atoms with E-state index in [0.29, 0.717) is 6.10 Å². The molecule has 0 bridgehead atoms. The molecule has 50 valence electrons. The van der Waals surface area contributed by atoms with E-state index in [1.807, 2.05) is 0 Å². The lowest BCUT2D eigenvalue weighted by Crippen LogP contribution is -2.06. The number of ether oxygens (including phenoxy) is 1. The van der Waals surface area contributed by atoms with E-state index in [2.05, 4.69) is 25.2 Å². The Balaban J connectivity index is 2.45. The minimum atomic E-state index is 0.292. The van der Waals surface area contributed by atoms with Crippen LogP contribution < -0.4 is 0 Å². The third-order valence-corrected chi connectivity index (χ3v) is 1.68. The first-order chi connectivity index (χ1) is 4.34. The molecule has 1 aliphatic carbocycles. The molecular formula is C8H12O. The Morgan fingerprint density at radius 1 is 1.67 bits per heavy atom. The van der Waals surface area contributed by atoms with Gasteiger partial charge < -0.3 is 4.74 Å². The number of allylic oxidation sites excluding steroid dienone is 3. The van der Waals surface area contributed by atoms with Crippen LogP contribution in [-0.4, -0.2) is 13.2 Å². The molecule has 0 aromatic heterocycles. The van der Waals surface area contributed by atoms with Crippen LogP contribution in [0.2, 0.25) is 0 Å². The average Bonchev–Trinajstić information content (AvgIpc) is 2.37. The smallest absolute Gasteiger partial charge is 0.0759 e. The second kappa shape index (κ2) is 2.83. The zero-order chi connectivity index (χ0) is 6.69. The van der Waals surface area contributed by atoms with Crippen LogP contribution in [0.3, 0.4) is 0 Å². The van der Waals surface area contributed by atoms with Gasteiger partial charge in [-0.1, -0.05) is 18.2 Å². The van der Waals surface area contributed by atoms with Crippen molar-refractivity contribution >= 4 is 0 Å². The summed E-state index contributed by atoms with van der Waals surface area (Å²) in [4.78, 5) is 0. The Labute approximate surface area is 56.0 Å². The van der Waals surface area contributed by atoms with Crippen LogP contribution >= 0.6 is 0 Å². The van der Waals surface area contributed by atoms with Crippen molar-refractivity contribution in [3.8, 4) is 0 Å². The van der Waals surface area contributed by atoms with Crippen molar-refractivity contribution in [1.29, 1.82) is 0 Å². The molecule has 0 fully saturated rings. The van der Waals surface area contributed by atoms with Crippen molar-refractivity contribution in [3.63, 3.8) is 0 Å². The van der Waals surface area contributed by atoms with E-state index in [4.69, 9.17) is 4.74 Å². The van der Waals surface area contributed by atoms with Gasteiger partial charge in [-0.3, -0.25) is 0 Å². The lowest BCUT2D eigenvalue weighted by atomic mass is 10.1. The minimum Gasteiger partial charge on any atom is -0.377 e. The zero-order valence-corrected chi connectivity index (χ0v) is 5.92. The molecule has 0 unspecified atom stereocenters. The molecule has 0 amide bonds. The highest BCUT2D eigenvalue weighted by atomic mass is 16.5. The highest BCUT2D eigenvalue weighted by Crippen LogP contribution is 2.15. The second-order valence-corrected chi connectivity index (χ2v) is 2.25. The fourth-order valence-electron chi connectivity index (χ4n) is 0.917. The predicted molar refractivity (Wildman–Crippen MR) is 38.3 cm³/mol. The summed E-state index contributed by atoms with van der Waals surface area (Å²) in [5.41, 5.74) is 1.37. The highest BCUT2D eigenvalue weighted by Gasteiger charge is 2.06. The van der Waals surface area contributed by atoms with Crippen LogP contribution in [0.1, 0.15) is 13.3 Å². The third kappa shape index (κ3) is 1.42. The molecule has 0 aromatic carbocycles. The lowest BCUT2D eigenvalue weighted by Gasteiger charge is -2.09. The molecule has 0 spiro atoms. The van der Waals surface area contributed by atoms with Crippen molar-refractivity contribution in [1.82, 2.24) is 0 Å². The van der Waals surface area contributed by atoms with Crippen LogP contribution in [0, 0.1) is 0 Å². The normalized spacial score (nSPS) is 20.0. The Morgan fingerprint density at radius 2 is 2.44 bits per heavy atom. The topological polar surface area (TPSA) is 9.23 Å². The number of rotatable bonds is 2. The van der Waals surface area contributed by atoms with E-state index >= 15 is 0 Å². The molecule has 0 aromatic rings. The molecule has 0 radical (unpaired) electrons. The summed E-state index contributed by atoms with van der Waals surface area (Å²) in [6, 6.07) is 0. The van der Waals surface area contributed by atoms with Crippen LogP contribution in [0.25, 0.3) is 0 Å². The summed E-state index contributed by atoms with van der Waals surface area (Å²) in [6.45, 7) is 2.07. The Hall–Kier alpha value is -0.560. The molecule has 0 aliphatic heterocycles. The van der Waals surface area contributed by atoms with E-state index in [1.54, 1.807) is 7.11 Å². The standard InChI is InChI=1S/C8H12O/c1-7(9-2)8-5-3-4-6-8/h3-5,7H,6H2,1-2H3/t7-/m1/s1. The van der Waals surface area contributed by atoms with Gasteiger partial charge in [0.15, 0.2) is 0 Å². The molecule has 0 saturated heterocycles. The fourth-order valence-corrected chi connectivity index (χ4v) is 0.917. The summed E-state index contributed by atoms with van der Waals surface area (Å²) >= 11 is 0. The van der Waals surface area contributed by atoms with Crippen LogP contribution in [0.4, 0.5) is 0 Å². The first kappa shape index (κ1) is 6.56. The average molecular weight is 124 g/mol. The van der Waals surface area contributed by atoms with Crippen molar-refractivity contribution in [2.24, 2.45) is 0 Å². The van der Waals surface area contributed by atoms with E-state index in [0.717, 1.165) is 6.42 Å². The van der Waals surface area contributed by atoms with Crippen molar-refractivity contribution in [3.05, 3.63) is 23.8 Å². The molecule has 1 nitrogen and oxygen atoms in total. The van der Waals surface area contributed by atoms with E-state index in [1.165, 1.54) is 5.57 Å². The Kier molecular flexibility index (Phi) is 2.06. The van der Waals surface area contributed by atoms with Gasteiger partial charge in [-0.2, -0.15) is 0 Å². The maximum Gasteiger partial charge on any atom is 0.0759 e. The highest BCUT2D eigenvalue weighted by molar-refractivity contribution is 5.25. The minimum absolute atomic E-state index is 0.292. The molecule has 9 heavy (non-hydrogen) atoms. The molecular weight excluding hydrogens is 112 g/mol. The van der Waals surface area contributed by atoms with Crippen LogP contribution in [-0.2, 0) is 4.74 Å². The summed E-state index contributed by atoms with van der Waals surface area (Å²) < 4.78 is 5.13. The second-order valence-electron chi connectivity index (χ2n) is 2.25. The SMILES string of the molecule is CO[C@H](C)C1=CC=CC1. The quantitative estimate of drug-likeness (QED) is 0.546. The van der Waals surface area contributed by atoms with Crippen LogP contribution in [0.5, 0.6) is 0 Å². The number of hydrogen-bond donors (Lipinski definition) is 0. The van der Waals surface area contributed by atoms with Crippen molar-refractivity contribution < 1.29 is 4.74 Å². The maximum absolute atomic E-state index is 5.13. The van der Waals surface area contributed by atoms with E-state index in [9.17, 15) is 0 Å². The first-order valence-electron chi connectivity index (χ1n) is 3.23. The van der Waals surface area contributed by atoms with Crippen molar-refractivity contribution in [2.75, 3.05) is 7.11 Å². The maximum atomic E-state index is 5.13. The number of methoxy groups -OCH3 is 1. The Morgan fingerprint density at radius 3 is 2.89 bits per heavy atom. The van der Waals surface area contributed by atoms with Gasteiger partial charge in [0.2, 0.25) is 0 Å². The largest absolute Gasteiger partial charge is 0.377 e. The fraction of sp³-hybridized carbons (Fsp3) is 0.500. The molecule has 1 atom stereocenters. The molecule has 1 rings (SSSR count). The van der Waals surface area contributed by atoms with Gasteiger partial charge in [0.05, 0.1) is 6.10 Å². The molecule has 0 N–H and O–H groups in total. The van der Waals surface area contributed by atoms with Gasteiger partial charge in [0, 0.05) is 7.11 Å². The summed E-state index contributed by atoms with van der Waals surface area (Å²) in [5.74, 6) is 0. The van der Waals surface area contributed by atoms with E-state index in [-0.39, 0.29) is 0 Å². The van der Waals surface area contributed by atoms with Crippen molar-refractivity contribution in [2.45, 2.75) is 19.4 Å². The summed E-state index contributed by atoms with van der Waals surface area (Å²) in [6.07, 6.45) is 7.69. The van der Waals surface area contributed by atoms with Gasteiger partial charge in [0.1, 0.15) is 0 Å². The molecule has 0 heterocycles. The number of hydrogen-bond acceptors (Lipinski definition) is 1. The molecule has 1 aliphatic rings.